The van der Waals surface area contributed by atoms with Gasteiger partial charge in [-0.1, -0.05) is 23.2 Å². The highest BCUT2D eigenvalue weighted by Crippen LogP contribution is 2.33. The van der Waals surface area contributed by atoms with E-state index in [-0.39, 0.29) is 15.8 Å². The predicted octanol–water partition coefficient (Wildman–Crippen LogP) is 3.15. The minimum atomic E-state index is -0.709. The van der Waals surface area contributed by atoms with Crippen LogP contribution in [0.4, 0.5) is 4.39 Å². The van der Waals surface area contributed by atoms with Crippen molar-refractivity contribution in [1.82, 2.24) is 0 Å². The number of benzene rings is 1. The normalized spacial score (nSPS) is 10.2. The highest BCUT2D eigenvalue weighted by atomic mass is 35.5. The summed E-state index contributed by atoms with van der Waals surface area (Å²) in [5.74, 6) is -0.892. The molecule has 1 aromatic rings. The molecule has 1 nitrogen and oxygen atoms in total. The highest BCUT2D eigenvalue weighted by Gasteiger charge is 2.10. The quantitative estimate of drug-likeness (QED) is 0.630. The van der Waals surface area contributed by atoms with Crippen LogP contribution in [0.25, 0.3) is 0 Å². The summed E-state index contributed by atoms with van der Waals surface area (Å²) in [5.41, 5.74) is 0.387. The smallest absolute Gasteiger partial charge is 0.147 e. The number of halogens is 3. The van der Waals surface area contributed by atoms with E-state index in [1.807, 2.05) is 0 Å². The van der Waals surface area contributed by atoms with Gasteiger partial charge in [0.1, 0.15) is 11.6 Å². The zero-order valence-electron chi connectivity index (χ0n) is 5.66. The molecule has 1 N–H and O–H groups in total. The maximum atomic E-state index is 12.6. The monoisotopic (exact) mass is 194 g/mol. The molecule has 0 aromatic heterocycles. The second kappa shape index (κ2) is 2.88. The zero-order valence-corrected chi connectivity index (χ0v) is 7.17. The van der Waals surface area contributed by atoms with Crippen LogP contribution in [0.5, 0.6) is 5.75 Å². The third-order valence-corrected chi connectivity index (χ3v) is 2.32. The van der Waals surface area contributed by atoms with Crippen LogP contribution in [0.2, 0.25) is 10.0 Å². The van der Waals surface area contributed by atoms with Crippen molar-refractivity contribution in [2.24, 2.45) is 0 Å². The lowest BCUT2D eigenvalue weighted by Gasteiger charge is -2.03. The fourth-order valence-corrected chi connectivity index (χ4v) is 1.06. The summed E-state index contributed by atoms with van der Waals surface area (Å²) in [6.45, 7) is 1.56. The largest absolute Gasteiger partial charge is 0.508 e. The van der Waals surface area contributed by atoms with Crippen LogP contribution in [0.15, 0.2) is 6.07 Å². The number of phenols is 1. The molecular formula is C7H5Cl2FO. The standard InChI is InChI=1S/C7H5Cl2FO/c1-3-5(11)2-4(10)7(9)6(3)8/h2,11H,1H3. The lowest BCUT2D eigenvalue weighted by molar-refractivity contribution is 0.465. The summed E-state index contributed by atoms with van der Waals surface area (Å²) >= 11 is 11.0. The van der Waals surface area contributed by atoms with Gasteiger partial charge in [0.15, 0.2) is 0 Å². The second-order valence-corrected chi connectivity index (χ2v) is 2.89. The van der Waals surface area contributed by atoms with Crippen molar-refractivity contribution in [3.8, 4) is 5.75 Å². The van der Waals surface area contributed by atoms with E-state index in [0.29, 0.717) is 5.56 Å². The van der Waals surface area contributed by atoms with E-state index in [2.05, 4.69) is 0 Å². The van der Waals surface area contributed by atoms with Gasteiger partial charge in [0, 0.05) is 11.6 Å². The Morgan fingerprint density at radius 1 is 1.36 bits per heavy atom. The molecule has 0 heterocycles. The summed E-state index contributed by atoms with van der Waals surface area (Å²) in [6.07, 6.45) is 0. The highest BCUT2D eigenvalue weighted by molar-refractivity contribution is 6.42. The van der Waals surface area contributed by atoms with Gasteiger partial charge in [-0.3, -0.25) is 0 Å². The summed E-state index contributed by atoms with van der Waals surface area (Å²) in [7, 11) is 0. The molecule has 11 heavy (non-hydrogen) atoms. The predicted molar refractivity (Wildman–Crippen MR) is 42.8 cm³/mol. The van der Waals surface area contributed by atoms with Gasteiger partial charge < -0.3 is 5.11 Å². The van der Waals surface area contributed by atoms with Crippen LogP contribution >= 0.6 is 23.2 Å². The molecule has 0 fully saturated rings. The molecule has 0 atom stereocenters. The third-order valence-electron chi connectivity index (χ3n) is 1.38. The van der Waals surface area contributed by atoms with Gasteiger partial charge in [-0.25, -0.2) is 4.39 Å². The Hall–Kier alpha value is -0.470. The van der Waals surface area contributed by atoms with Gasteiger partial charge in [-0.15, -0.1) is 0 Å². The molecule has 0 aliphatic heterocycles. The first-order valence-electron chi connectivity index (χ1n) is 2.87. The average Bonchev–Trinajstić information content (AvgIpc) is 1.97. The molecule has 0 saturated carbocycles. The molecular weight excluding hydrogens is 190 g/mol. The van der Waals surface area contributed by atoms with Crippen molar-refractivity contribution in [3.05, 3.63) is 27.5 Å². The van der Waals surface area contributed by atoms with Crippen molar-refractivity contribution < 1.29 is 9.50 Å². The molecule has 0 amide bonds. The Morgan fingerprint density at radius 3 is 2.45 bits per heavy atom. The molecule has 1 rings (SSSR count). The Morgan fingerprint density at radius 2 is 1.91 bits per heavy atom. The van der Waals surface area contributed by atoms with Gasteiger partial charge in [0.25, 0.3) is 0 Å². The summed E-state index contributed by atoms with van der Waals surface area (Å²) in [6, 6.07) is 0.934. The first-order valence-corrected chi connectivity index (χ1v) is 3.62. The van der Waals surface area contributed by atoms with Crippen LogP contribution in [-0.4, -0.2) is 5.11 Å². The molecule has 0 unspecified atom stereocenters. The number of rotatable bonds is 0. The van der Waals surface area contributed by atoms with E-state index in [1.165, 1.54) is 0 Å². The van der Waals surface area contributed by atoms with Crippen molar-refractivity contribution in [3.63, 3.8) is 0 Å². The first kappa shape index (κ1) is 8.62. The Labute approximate surface area is 73.4 Å². The van der Waals surface area contributed by atoms with Gasteiger partial charge in [-0.05, 0) is 6.92 Å². The molecule has 0 saturated heterocycles. The van der Waals surface area contributed by atoms with Crippen molar-refractivity contribution >= 4 is 23.2 Å². The minimum Gasteiger partial charge on any atom is -0.508 e. The van der Waals surface area contributed by atoms with Gasteiger partial charge in [-0.2, -0.15) is 0 Å². The minimum absolute atomic E-state index is 0.0594. The SMILES string of the molecule is Cc1c(O)cc(F)c(Cl)c1Cl. The van der Waals surface area contributed by atoms with Crippen LogP contribution in [-0.2, 0) is 0 Å². The van der Waals surface area contributed by atoms with Crippen molar-refractivity contribution in [1.29, 1.82) is 0 Å². The van der Waals surface area contributed by atoms with E-state index in [0.717, 1.165) is 6.07 Å². The van der Waals surface area contributed by atoms with Crippen LogP contribution < -0.4 is 0 Å². The van der Waals surface area contributed by atoms with E-state index >= 15 is 0 Å². The van der Waals surface area contributed by atoms with E-state index in [1.54, 1.807) is 6.92 Å². The topological polar surface area (TPSA) is 20.2 Å². The molecule has 60 valence electrons. The maximum absolute atomic E-state index is 12.6. The molecule has 0 bridgehead atoms. The number of hydrogen-bond donors (Lipinski definition) is 1. The Balaban J connectivity index is 3.46. The van der Waals surface area contributed by atoms with Crippen molar-refractivity contribution in [2.45, 2.75) is 6.92 Å². The lowest BCUT2D eigenvalue weighted by Crippen LogP contribution is -1.83. The molecule has 0 aliphatic carbocycles. The molecule has 0 spiro atoms. The second-order valence-electron chi connectivity index (χ2n) is 2.13. The zero-order chi connectivity index (χ0) is 8.59. The Kier molecular flexibility index (Phi) is 2.25. The van der Waals surface area contributed by atoms with Crippen molar-refractivity contribution in [2.75, 3.05) is 0 Å². The summed E-state index contributed by atoms with van der Waals surface area (Å²) in [5, 5.41) is 8.93. The molecule has 1 aromatic carbocycles. The first-order chi connectivity index (χ1) is 5.04. The average molecular weight is 195 g/mol. The third kappa shape index (κ3) is 1.42. The number of hydrogen-bond acceptors (Lipinski definition) is 1. The van der Waals surface area contributed by atoms with Gasteiger partial charge >= 0.3 is 0 Å². The maximum Gasteiger partial charge on any atom is 0.147 e. The Bertz CT molecular complexity index is 273. The molecule has 0 radical (unpaired) electrons. The fourth-order valence-electron chi connectivity index (χ4n) is 0.674. The van der Waals surface area contributed by atoms with E-state index in [9.17, 15) is 4.39 Å². The number of phenolic OH excluding ortho intramolecular Hbond substituents is 1. The summed E-state index contributed by atoms with van der Waals surface area (Å²) < 4.78 is 12.6. The fraction of sp³-hybridized carbons (Fsp3) is 0.143. The lowest BCUT2D eigenvalue weighted by atomic mass is 10.2. The molecule has 4 heteroatoms. The van der Waals surface area contributed by atoms with Crippen LogP contribution in [0, 0.1) is 12.7 Å². The number of aromatic hydroxyl groups is 1. The van der Waals surface area contributed by atoms with E-state index < -0.39 is 5.82 Å². The van der Waals surface area contributed by atoms with Crippen LogP contribution in [0.3, 0.4) is 0 Å². The van der Waals surface area contributed by atoms with Gasteiger partial charge in [0.2, 0.25) is 0 Å². The summed E-state index contributed by atoms with van der Waals surface area (Å²) in [4.78, 5) is 0. The van der Waals surface area contributed by atoms with Gasteiger partial charge in [0.05, 0.1) is 10.0 Å². The van der Waals surface area contributed by atoms with Crippen LogP contribution in [0.1, 0.15) is 5.56 Å². The van der Waals surface area contributed by atoms with E-state index in [4.69, 9.17) is 28.3 Å². The molecule has 0 aliphatic rings.